The van der Waals surface area contributed by atoms with E-state index in [-0.39, 0.29) is 0 Å². The highest BCUT2D eigenvalue weighted by Gasteiger charge is 2.09. The Hall–Kier alpha value is -1.35. The molecule has 3 N–H and O–H groups in total. The Morgan fingerprint density at radius 3 is 2.46 bits per heavy atom. The van der Waals surface area contributed by atoms with Crippen LogP contribution in [0.1, 0.15) is 5.56 Å². The van der Waals surface area contributed by atoms with Gasteiger partial charge in [-0.15, -0.1) is 0 Å². The Balaban J connectivity index is 2.62. The van der Waals surface area contributed by atoms with Gasteiger partial charge in [0.2, 0.25) is 0 Å². The average molecular weight is 179 g/mol. The lowest BCUT2D eigenvalue weighted by Gasteiger charge is -2.13. The standard InChI is InChI=1S/C10H13NO2/c11-7-9(10(12)13)6-8-4-2-1-3-5-8/h1-5,9H,6-7,11H2,(H,12,13)/t9-/m0/s1. The van der Waals surface area contributed by atoms with Crippen molar-refractivity contribution in [2.24, 2.45) is 5.92 Å². The van der Waals surface area contributed by atoms with Crippen LogP contribution < -0.4 is 10.8 Å². The lowest BCUT2D eigenvalue weighted by Crippen LogP contribution is -2.57. The van der Waals surface area contributed by atoms with Crippen molar-refractivity contribution in [3.8, 4) is 0 Å². The molecule has 0 bridgehead atoms. The van der Waals surface area contributed by atoms with Gasteiger partial charge in [-0.2, -0.15) is 0 Å². The normalized spacial score (nSPS) is 12.4. The molecule has 0 saturated heterocycles. The molecule has 0 spiro atoms. The second-order valence-electron chi connectivity index (χ2n) is 2.99. The lowest BCUT2D eigenvalue weighted by atomic mass is 10.00. The van der Waals surface area contributed by atoms with Gasteiger partial charge >= 0.3 is 0 Å². The van der Waals surface area contributed by atoms with Crippen LogP contribution in [0, 0.1) is 5.92 Å². The fourth-order valence-electron chi connectivity index (χ4n) is 1.20. The van der Waals surface area contributed by atoms with Crippen molar-refractivity contribution < 1.29 is 15.6 Å². The zero-order valence-corrected chi connectivity index (χ0v) is 7.40. The van der Waals surface area contributed by atoms with E-state index in [1.165, 1.54) is 0 Å². The zero-order valence-electron chi connectivity index (χ0n) is 7.40. The predicted molar refractivity (Wildman–Crippen MR) is 46.4 cm³/mol. The Kier molecular flexibility index (Phi) is 3.46. The summed E-state index contributed by atoms with van der Waals surface area (Å²) in [7, 11) is 0. The quantitative estimate of drug-likeness (QED) is 0.633. The number of aliphatic carboxylic acids is 1. The van der Waals surface area contributed by atoms with Crippen molar-refractivity contribution in [3.63, 3.8) is 0 Å². The van der Waals surface area contributed by atoms with Gasteiger partial charge < -0.3 is 15.6 Å². The van der Waals surface area contributed by atoms with Gasteiger partial charge in [-0.3, -0.25) is 0 Å². The third-order valence-corrected chi connectivity index (χ3v) is 2.01. The third kappa shape index (κ3) is 2.87. The largest absolute Gasteiger partial charge is 0.550 e. The molecule has 1 atom stereocenters. The smallest absolute Gasteiger partial charge is 0.0824 e. The lowest BCUT2D eigenvalue weighted by molar-refractivity contribution is -0.387. The summed E-state index contributed by atoms with van der Waals surface area (Å²) in [5.41, 5.74) is 4.60. The van der Waals surface area contributed by atoms with Crippen LogP contribution in [0.3, 0.4) is 0 Å². The van der Waals surface area contributed by atoms with E-state index in [1.54, 1.807) is 0 Å². The maximum atomic E-state index is 10.6. The summed E-state index contributed by atoms with van der Waals surface area (Å²) in [6, 6.07) is 9.51. The fraction of sp³-hybridized carbons (Fsp3) is 0.300. The first-order valence-electron chi connectivity index (χ1n) is 4.28. The number of carbonyl (C=O) groups excluding carboxylic acids is 1. The highest BCUT2D eigenvalue weighted by atomic mass is 16.4. The molecule has 0 aliphatic carbocycles. The molecule has 13 heavy (non-hydrogen) atoms. The van der Waals surface area contributed by atoms with Crippen molar-refractivity contribution in [2.45, 2.75) is 6.42 Å². The van der Waals surface area contributed by atoms with Crippen molar-refractivity contribution >= 4 is 5.97 Å². The summed E-state index contributed by atoms with van der Waals surface area (Å²) in [5.74, 6) is -1.48. The zero-order chi connectivity index (χ0) is 9.68. The van der Waals surface area contributed by atoms with Gasteiger partial charge in [0.15, 0.2) is 0 Å². The molecule has 0 aliphatic rings. The van der Waals surface area contributed by atoms with Crippen LogP contribution in [-0.2, 0) is 11.2 Å². The van der Waals surface area contributed by atoms with Gasteiger partial charge in [-0.05, 0) is 12.0 Å². The van der Waals surface area contributed by atoms with Crippen LogP contribution >= 0.6 is 0 Å². The molecule has 0 aromatic heterocycles. The summed E-state index contributed by atoms with van der Waals surface area (Å²) in [6.07, 6.45) is 0.507. The number of carboxylic acids is 1. The van der Waals surface area contributed by atoms with Crippen LogP contribution in [0.25, 0.3) is 0 Å². The predicted octanol–water partition coefficient (Wildman–Crippen LogP) is -1.16. The van der Waals surface area contributed by atoms with Crippen molar-refractivity contribution in [1.82, 2.24) is 0 Å². The van der Waals surface area contributed by atoms with Gasteiger partial charge in [0.1, 0.15) is 0 Å². The highest BCUT2D eigenvalue weighted by molar-refractivity contribution is 5.68. The SMILES string of the molecule is [NH3+]C[C@H](Cc1ccccc1)C(=O)[O-]. The van der Waals surface area contributed by atoms with E-state index in [0.29, 0.717) is 13.0 Å². The van der Waals surface area contributed by atoms with Crippen molar-refractivity contribution in [3.05, 3.63) is 35.9 Å². The molecule has 1 rings (SSSR count). The summed E-state index contributed by atoms with van der Waals surface area (Å²) in [6.45, 7) is 0.372. The van der Waals surface area contributed by atoms with Crippen molar-refractivity contribution in [2.75, 3.05) is 6.54 Å². The van der Waals surface area contributed by atoms with E-state index in [2.05, 4.69) is 5.73 Å². The summed E-state index contributed by atoms with van der Waals surface area (Å²) >= 11 is 0. The summed E-state index contributed by atoms with van der Waals surface area (Å²) < 4.78 is 0. The first-order valence-corrected chi connectivity index (χ1v) is 4.28. The third-order valence-electron chi connectivity index (χ3n) is 2.01. The fourth-order valence-corrected chi connectivity index (χ4v) is 1.20. The van der Waals surface area contributed by atoms with E-state index < -0.39 is 11.9 Å². The van der Waals surface area contributed by atoms with Gasteiger partial charge in [0, 0.05) is 0 Å². The number of benzene rings is 1. The second-order valence-corrected chi connectivity index (χ2v) is 2.99. The molecule has 0 fully saturated rings. The molecule has 1 aromatic carbocycles. The molecular formula is C10H13NO2. The van der Waals surface area contributed by atoms with Gasteiger partial charge in [0.05, 0.1) is 18.4 Å². The average Bonchev–Trinajstić information content (AvgIpc) is 2.15. The minimum Gasteiger partial charge on any atom is -0.550 e. The Morgan fingerprint density at radius 1 is 1.38 bits per heavy atom. The highest BCUT2D eigenvalue weighted by Crippen LogP contribution is 2.06. The maximum Gasteiger partial charge on any atom is 0.0824 e. The Labute approximate surface area is 77.2 Å². The van der Waals surface area contributed by atoms with Crippen LogP contribution in [0.15, 0.2) is 30.3 Å². The number of carbonyl (C=O) groups is 1. The van der Waals surface area contributed by atoms with Crippen LogP contribution in [-0.4, -0.2) is 12.5 Å². The number of carboxylic acid groups (broad SMARTS) is 1. The van der Waals surface area contributed by atoms with E-state index in [1.807, 2.05) is 30.3 Å². The molecule has 0 amide bonds. The Morgan fingerprint density at radius 2 is 2.00 bits per heavy atom. The van der Waals surface area contributed by atoms with Crippen LogP contribution in [0.5, 0.6) is 0 Å². The molecule has 0 aliphatic heterocycles. The number of rotatable bonds is 4. The topological polar surface area (TPSA) is 67.8 Å². The molecule has 0 radical (unpaired) electrons. The second kappa shape index (κ2) is 4.62. The van der Waals surface area contributed by atoms with E-state index in [9.17, 15) is 9.90 Å². The van der Waals surface area contributed by atoms with E-state index >= 15 is 0 Å². The Bertz CT molecular complexity index is 272. The van der Waals surface area contributed by atoms with E-state index in [4.69, 9.17) is 0 Å². The molecule has 0 unspecified atom stereocenters. The van der Waals surface area contributed by atoms with Gasteiger partial charge in [0.25, 0.3) is 0 Å². The van der Waals surface area contributed by atoms with Crippen LogP contribution in [0.2, 0.25) is 0 Å². The number of hydrogen-bond acceptors (Lipinski definition) is 2. The minimum absolute atomic E-state index is 0.372. The first-order chi connectivity index (χ1) is 6.24. The van der Waals surface area contributed by atoms with Crippen molar-refractivity contribution in [1.29, 1.82) is 0 Å². The summed E-state index contributed by atoms with van der Waals surface area (Å²) in [5, 5.41) is 10.6. The molecular weight excluding hydrogens is 166 g/mol. The minimum atomic E-state index is -1.01. The molecule has 1 aromatic rings. The molecule has 0 heterocycles. The van der Waals surface area contributed by atoms with Gasteiger partial charge in [-0.25, -0.2) is 0 Å². The molecule has 70 valence electrons. The monoisotopic (exact) mass is 179 g/mol. The first kappa shape index (κ1) is 9.74. The number of quaternary nitrogens is 1. The summed E-state index contributed by atoms with van der Waals surface area (Å²) in [4.78, 5) is 10.6. The maximum absolute atomic E-state index is 10.6. The van der Waals surface area contributed by atoms with Crippen LogP contribution in [0.4, 0.5) is 0 Å². The van der Waals surface area contributed by atoms with Gasteiger partial charge in [-0.1, -0.05) is 30.3 Å². The molecule has 3 nitrogen and oxygen atoms in total. The number of hydrogen-bond donors (Lipinski definition) is 1. The molecule has 0 saturated carbocycles. The molecule has 3 heteroatoms. The van der Waals surface area contributed by atoms with E-state index in [0.717, 1.165) is 5.56 Å².